The van der Waals surface area contributed by atoms with Crippen molar-refractivity contribution in [3.8, 4) is 5.75 Å². The molecule has 0 aliphatic heterocycles. The van der Waals surface area contributed by atoms with Crippen molar-refractivity contribution in [3.63, 3.8) is 0 Å². The van der Waals surface area contributed by atoms with E-state index in [9.17, 15) is 18.0 Å². The first kappa shape index (κ1) is 24.3. The third kappa shape index (κ3) is 8.42. The van der Waals surface area contributed by atoms with Gasteiger partial charge in [-0.3, -0.25) is 0 Å². The number of hydrogen-bond donors (Lipinski definition) is 0. The highest BCUT2D eigenvalue weighted by Crippen LogP contribution is 2.32. The molecule has 158 valence electrons. The standard InChI is InChI=1S/C23H27F3O3/c1-7-28-22(27)13-16(3)10-8-9-15(2)11-12-20-17(4)14-21(19(6)18(20)5)29-23(24,25)26/h8-14H,7H2,1-6H3/b10-8+,12-11-,15-9+,16-13+. The number of carbonyl (C=O) groups excluding carboxylic acids is 1. The molecule has 0 bridgehead atoms. The molecule has 0 N–H and O–H groups in total. The summed E-state index contributed by atoms with van der Waals surface area (Å²) in [6.07, 6.45) is 5.93. The van der Waals surface area contributed by atoms with E-state index < -0.39 is 6.36 Å². The van der Waals surface area contributed by atoms with Crippen molar-refractivity contribution in [2.75, 3.05) is 6.61 Å². The smallest absolute Gasteiger partial charge is 0.463 e. The number of alkyl halides is 3. The lowest BCUT2D eigenvalue weighted by molar-refractivity contribution is -0.274. The van der Waals surface area contributed by atoms with Gasteiger partial charge in [0.05, 0.1) is 6.61 Å². The number of benzene rings is 1. The zero-order valence-corrected chi connectivity index (χ0v) is 17.6. The molecular weight excluding hydrogens is 381 g/mol. The highest BCUT2D eigenvalue weighted by Gasteiger charge is 2.32. The maximum Gasteiger partial charge on any atom is 0.573 e. The number of ether oxygens (including phenoxy) is 2. The summed E-state index contributed by atoms with van der Waals surface area (Å²) in [4.78, 5) is 11.4. The van der Waals surface area contributed by atoms with Gasteiger partial charge in [-0.1, -0.05) is 36.0 Å². The molecule has 0 radical (unpaired) electrons. The van der Waals surface area contributed by atoms with E-state index in [2.05, 4.69) is 4.74 Å². The van der Waals surface area contributed by atoms with Gasteiger partial charge >= 0.3 is 12.3 Å². The van der Waals surface area contributed by atoms with E-state index in [0.717, 1.165) is 22.3 Å². The average molecular weight is 408 g/mol. The first-order valence-corrected chi connectivity index (χ1v) is 9.19. The molecule has 1 aromatic rings. The number of hydrogen-bond acceptors (Lipinski definition) is 3. The van der Waals surface area contributed by atoms with Gasteiger partial charge < -0.3 is 9.47 Å². The molecule has 0 heterocycles. The molecule has 0 aromatic heterocycles. The fraction of sp³-hybridized carbons (Fsp3) is 0.348. The molecule has 1 rings (SSSR count). The van der Waals surface area contributed by atoms with Crippen molar-refractivity contribution < 1.29 is 27.4 Å². The van der Waals surface area contributed by atoms with E-state index in [0.29, 0.717) is 17.7 Å². The Kier molecular flexibility index (Phi) is 8.95. The summed E-state index contributed by atoms with van der Waals surface area (Å²) in [5.41, 5.74) is 4.44. The molecule has 3 nitrogen and oxygen atoms in total. The van der Waals surface area contributed by atoms with E-state index in [1.165, 1.54) is 12.1 Å². The van der Waals surface area contributed by atoms with Crippen LogP contribution in [-0.2, 0) is 9.53 Å². The van der Waals surface area contributed by atoms with Crippen LogP contribution in [0.1, 0.15) is 43.0 Å². The van der Waals surface area contributed by atoms with Crippen LogP contribution in [0.5, 0.6) is 5.75 Å². The predicted octanol–water partition coefficient (Wildman–Crippen LogP) is 6.54. The van der Waals surface area contributed by atoms with Gasteiger partial charge in [-0.25, -0.2) is 4.79 Å². The molecule has 1 aromatic carbocycles. The van der Waals surface area contributed by atoms with E-state index >= 15 is 0 Å². The highest BCUT2D eigenvalue weighted by atomic mass is 19.4. The summed E-state index contributed by atoms with van der Waals surface area (Å²) in [6.45, 7) is 10.9. The van der Waals surface area contributed by atoms with Gasteiger partial charge in [0.15, 0.2) is 0 Å². The summed E-state index contributed by atoms with van der Waals surface area (Å²) in [5, 5.41) is 0. The van der Waals surface area contributed by atoms with Gasteiger partial charge in [0.25, 0.3) is 0 Å². The number of carbonyl (C=O) groups is 1. The van der Waals surface area contributed by atoms with E-state index in [1.54, 1.807) is 40.7 Å². The van der Waals surface area contributed by atoms with Gasteiger partial charge in [0.1, 0.15) is 5.75 Å². The maximum atomic E-state index is 12.5. The largest absolute Gasteiger partial charge is 0.573 e. The van der Waals surface area contributed by atoms with Crippen LogP contribution in [0, 0.1) is 20.8 Å². The predicted molar refractivity (Wildman–Crippen MR) is 110 cm³/mol. The summed E-state index contributed by atoms with van der Waals surface area (Å²) >= 11 is 0. The Morgan fingerprint density at radius 3 is 2.31 bits per heavy atom. The number of rotatable bonds is 7. The Bertz CT molecular complexity index is 857. The monoisotopic (exact) mass is 408 g/mol. The molecule has 0 aliphatic carbocycles. The van der Waals surface area contributed by atoms with Gasteiger partial charge in [-0.15, -0.1) is 13.2 Å². The van der Waals surface area contributed by atoms with Crippen molar-refractivity contribution in [1.82, 2.24) is 0 Å². The van der Waals surface area contributed by atoms with Crippen LogP contribution < -0.4 is 4.74 Å². The summed E-state index contributed by atoms with van der Waals surface area (Å²) < 4.78 is 46.6. The van der Waals surface area contributed by atoms with Gasteiger partial charge in [0, 0.05) is 6.08 Å². The molecule has 0 spiro atoms. The molecular formula is C23H27F3O3. The Hall–Kier alpha value is -2.76. The zero-order valence-electron chi connectivity index (χ0n) is 17.6. The zero-order chi connectivity index (χ0) is 22.2. The van der Waals surface area contributed by atoms with Crippen molar-refractivity contribution in [2.45, 2.75) is 47.9 Å². The number of allylic oxidation sites excluding steroid dienone is 6. The van der Waals surface area contributed by atoms with Crippen LogP contribution in [0.2, 0.25) is 0 Å². The Labute approximate surface area is 170 Å². The third-order valence-corrected chi connectivity index (χ3v) is 4.20. The lowest BCUT2D eigenvalue weighted by atomic mass is 9.96. The van der Waals surface area contributed by atoms with Gasteiger partial charge in [-0.2, -0.15) is 0 Å². The van der Waals surface area contributed by atoms with E-state index in [-0.39, 0.29) is 11.7 Å². The minimum atomic E-state index is -4.72. The van der Waals surface area contributed by atoms with Crippen molar-refractivity contribution in [2.24, 2.45) is 0 Å². The fourth-order valence-corrected chi connectivity index (χ4v) is 2.59. The van der Waals surface area contributed by atoms with E-state index in [4.69, 9.17) is 4.74 Å². The Morgan fingerprint density at radius 1 is 1.07 bits per heavy atom. The normalized spacial score (nSPS) is 13.4. The van der Waals surface area contributed by atoms with Crippen LogP contribution >= 0.6 is 0 Å². The van der Waals surface area contributed by atoms with Crippen LogP contribution in [-0.4, -0.2) is 18.9 Å². The van der Waals surface area contributed by atoms with Gasteiger partial charge in [0.2, 0.25) is 0 Å². The minimum absolute atomic E-state index is 0.177. The van der Waals surface area contributed by atoms with Crippen LogP contribution in [0.3, 0.4) is 0 Å². The Morgan fingerprint density at radius 2 is 1.72 bits per heavy atom. The van der Waals surface area contributed by atoms with Crippen LogP contribution in [0.25, 0.3) is 6.08 Å². The lowest BCUT2D eigenvalue weighted by Gasteiger charge is -2.16. The van der Waals surface area contributed by atoms with Crippen molar-refractivity contribution >= 4 is 12.0 Å². The molecule has 6 heteroatoms. The molecule has 0 unspecified atom stereocenters. The molecule has 0 amide bonds. The Balaban J connectivity index is 2.97. The van der Waals surface area contributed by atoms with Crippen LogP contribution in [0.4, 0.5) is 13.2 Å². The quantitative estimate of drug-likeness (QED) is 0.292. The second-order valence-electron chi connectivity index (χ2n) is 6.65. The van der Waals surface area contributed by atoms with Gasteiger partial charge in [-0.05, 0) is 75.4 Å². The second kappa shape index (κ2) is 10.7. The first-order valence-electron chi connectivity index (χ1n) is 9.19. The fourth-order valence-electron chi connectivity index (χ4n) is 2.59. The number of esters is 1. The van der Waals surface area contributed by atoms with Crippen molar-refractivity contribution in [3.05, 3.63) is 69.8 Å². The van der Waals surface area contributed by atoms with E-state index in [1.807, 2.05) is 31.2 Å². The topological polar surface area (TPSA) is 35.5 Å². The van der Waals surface area contributed by atoms with Crippen molar-refractivity contribution in [1.29, 1.82) is 0 Å². The lowest BCUT2D eigenvalue weighted by Crippen LogP contribution is -2.18. The number of aryl methyl sites for hydroxylation is 1. The molecule has 0 aliphatic rings. The molecule has 0 fully saturated rings. The minimum Gasteiger partial charge on any atom is -0.463 e. The summed E-state index contributed by atoms with van der Waals surface area (Å²) in [7, 11) is 0. The first-order chi connectivity index (χ1) is 13.4. The maximum absolute atomic E-state index is 12.5. The molecule has 0 saturated carbocycles. The summed E-state index contributed by atoms with van der Waals surface area (Å²) in [6, 6.07) is 1.40. The molecule has 0 atom stereocenters. The average Bonchev–Trinajstić information content (AvgIpc) is 2.58. The molecule has 29 heavy (non-hydrogen) atoms. The van der Waals surface area contributed by atoms with Crippen LogP contribution in [0.15, 0.2) is 47.6 Å². The third-order valence-electron chi connectivity index (χ3n) is 4.20. The highest BCUT2D eigenvalue weighted by molar-refractivity contribution is 5.83. The summed E-state index contributed by atoms with van der Waals surface area (Å²) in [5.74, 6) is -0.557. The SMILES string of the molecule is CCOC(=O)/C=C(C)/C=C/C=C(C)/C=C\c1c(C)cc(OC(F)(F)F)c(C)c1C. The second-order valence-corrected chi connectivity index (χ2v) is 6.65. The molecule has 0 saturated heterocycles. The number of halogens is 3.